The second-order valence-electron chi connectivity index (χ2n) is 7.02. The fraction of sp³-hybridized carbons (Fsp3) is 0.208. The maximum atomic E-state index is 12.9. The molecule has 3 aromatic rings. The van der Waals surface area contributed by atoms with Crippen molar-refractivity contribution < 1.29 is 14.3 Å². The summed E-state index contributed by atoms with van der Waals surface area (Å²) in [4.78, 5) is 14.5. The number of nitriles is 1. The quantitative estimate of drug-likeness (QED) is 0.473. The molecule has 0 unspecified atom stereocenters. The van der Waals surface area contributed by atoms with Gasteiger partial charge in [-0.05, 0) is 30.3 Å². The van der Waals surface area contributed by atoms with Crippen molar-refractivity contribution in [1.29, 1.82) is 5.26 Å². The topological polar surface area (TPSA) is 80.4 Å². The molecule has 1 aromatic heterocycles. The number of rotatable bonds is 5. The second-order valence-corrected chi connectivity index (χ2v) is 7.02. The number of benzene rings is 2. The Morgan fingerprint density at radius 1 is 1.16 bits per heavy atom. The third-order valence-electron chi connectivity index (χ3n) is 5.06. The minimum absolute atomic E-state index is 0.0682. The van der Waals surface area contributed by atoms with E-state index in [1.165, 1.54) is 0 Å². The minimum atomic E-state index is -0.296. The summed E-state index contributed by atoms with van der Waals surface area (Å²) in [6, 6.07) is 19.3. The van der Waals surface area contributed by atoms with Gasteiger partial charge in [-0.15, -0.1) is 0 Å². The number of ether oxygens (including phenoxy) is 2. The Morgan fingerprint density at radius 3 is 2.65 bits per heavy atom. The first-order chi connectivity index (χ1) is 15.2. The van der Waals surface area contributed by atoms with Crippen LogP contribution in [0.3, 0.4) is 0 Å². The van der Waals surface area contributed by atoms with E-state index in [-0.39, 0.29) is 11.5 Å². The van der Waals surface area contributed by atoms with E-state index in [9.17, 15) is 10.1 Å². The number of aromatic nitrogens is 2. The van der Waals surface area contributed by atoms with Crippen LogP contribution in [0.4, 0.5) is 0 Å². The Hall–Kier alpha value is -3.89. The zero-order chi connectivity index (χ0) is 21.6. The Kier molecular flexibility index (Phi) is 6.11. The minimum Gasteiger partial charge on any atom is -0.497 e. The monoisotopic (exact) mass is 414 g/mol. The first kappa shape index (κ1) is 20.4. The molecule has 0 aliphatic carbocycles. The number of amides is 1. The molecule has 0 saturated carbocycles. The van der Waals surface area contributed by atoms with Gasteiger partial charge in [0, 0.05) is 30.4 Å². The fourth-order valence-corrected chi connectivity index (χ4v) is 3.43. The van der Waals surface area contributed by atoms with E-state index >= 15 is 0 Å². The molecule has 1 aliphatic heterocycles. The molecule has 7 nitrogen and oxygen atoms in total. The van der Waals surface area contributed by atoms with Gasteiger partial charge in [-0.25, -0.2) is 4.68 Å². The summed E-state index contributed by atoms with van der Waals surface area (Å²) < 4.78 is 12.4. The van der Waals surface area contributed by atoms with Crippen molar-refractivity contribution in [2.75, 3.05) is 33.4 Å². The van der Waals surface area contributed by atoms with Crippen LogP contribution in [0, 0.1) is 11.3 Å². The van der Waals surface area contributed by atoms with Gasteiger partial charge in [-0.2, -0.15) is 10.4 Å². The molecule has 1 amide bonds. The molecule has 4 rings (SSSR count). The van der Waals surface area contributed by atoms with Crippen molar-refractivity contribution >= 4 is 12.0 Å². The number of morpholine rings is 1. The van der Waals surface area contributed by atoms with Gasteiger partial charge in [-0.1, -0.05) is 30.3 Å². The summed E-state index contributed by atoms with van der Waals surface area (Å²) >= 11 is 0. The lowest BCUT2D eigenvalue weighted by atomic mass is 10.1. The van der Waals surface area contributed by atoms with Crippen molar-refractivity contribution in [3.8, 4) is 28.8 Å². The molecular weight excluding hydrogens is 392 g/mol. The van der Waals surface area contributed by atoms with Crippen molar-refractivity contribution in [2.24, 2.45) is 0 Å². The first-order valence-electron chi connectivity index (χ1n) is 9.98. The van der Waals surface area contributed by atoms with E-state index in [1.807, 2.05) is 60.8 Å². The molecule has 0 N–H and O–H groups in total. The van der Waals surface area contributed by atoms with Gasteiger partial charge in [0.1, 0.15) is 23.1 Å². The molecular formula is C24H22N4O3. The van der Waals surface area contributed by atoms with E-state index in [2.05, 4.69) is 6.07 Å². The van der Waals surface area contributed by atoms with Crippen LogP contribution >= 0.6 is 0 Å². The van der Waals surface area contributed by atoms with Crippen LogP contribution in [0.25, 0.3) is 23.0 Å². The summed E-state index contributed by atoms with van der Waals surface area (Å²) in [6.07, 6.45) is 3.44. The van der Waals surface area contributed by atoms with E-state index in [0.29, 0.717) is 43.3 Å². The van der Waals surface area contributed by atoms with Crippen LogP contribution < -0.4 is 4.74 Å². The molecule has 2 heterocycles. The predicted molar refractivity (Wildman–Crippen MR) is 117 cm³/mol. The number of carbonyl (C=O) groups is 1. The lowest BCUT2D eigenvalue weighted by Gasteiger charge is -2.26. The van der Waals surface area contributed by atoms with Gasteiger partial charge in [-0.3, -0.25) is 4.79 Å². The molecule has 7 heteroatoms. The average Bonchev–Trinajstić information content (AvgIpc) is 3.27. The molecule has 0 spiro atoms. The van der Waals surface area contributed by atoms with Crippen LogP contribution in [0.1, 0.15) is 5.56 Å². The highest BCUT2D eigenvalue weighted by molar-refractivity contribution is 6.02. The Balaban J connectivity index is 1.79. The summed E-state index contributed by atoms with van der Waals surface area (Å²) in [5, 5.41) is 14.5. The van der Waals surface area contributed by atoms with Crippen LogP contribution in [0.2, 0.25) is 0 Å². The number of para-hydroxylation sites is 1. The van der Waals surface area contributed by atoms with Gasteiger partial charge in [0.05, 0.1) is 26.0 Å². The molecule has 1 aliphatic rings. The maximum absolute atomic E-state index is 12.9. The van der Waals surface area contributed by atoms with E-state index in [0.717, 1.165) is 11.3 Å². The van der Waals surface area contributed by atoms with Crippen molar-refractivity contribution in [2.45, 2.75) is 0 Å². The highest BCUT2D eigenvalue weighted by atomic mass is 16.5. The van der Waals surface area contributed by atoms with Crippen molar-refractivity contribution in [3.05, 3.63) is 71.9 Å². The zero-order valence-electron chi connectivity index (χ0n) is 17.2. The van der Waals surface area contributed by atoms with Crippen LogP contribution in [-0.2, 0) is 9.53 Å². The predicted octanol–water partition coefficient (Wildman–Crippen LogP) is 3.31. The van der Waals surface area contributed by atoms with Crippen LogP contribution in [0.15, 0.2) is 66.4 Å². The normalized spacial score (nSPS) is 14.2. The summed E-state index contributed by atoms with van der Waals surface area (Å²) in [6.45, 7) is 1.91. The van der Waals surface area contributed by atoms with E-state index < -0.39 is 0 Å². The number of hydrogen-bond donors (Lipinski definition) is 0. The SMILES string of the molecule is COc1cccc(-c2nn(-c3ccccc3)cc2C=C(C#N)C(=O)N2CCOCC2)c1. The molecule has 31 heavy (non-hydrogen) atoms. The maximum Gasteiger partial charge on any atom is 0.264 e. The molecule has 1 fully saturated rings. The molecule has 1 saturated heterocycles. The largest absolute Gasteiger partial charge is 0.497 e. The van der Waals surface area contributed by atoms with Crippen molar-refractivity contribution in [3.63, 3.8) is 0 Å². The van der Waals surface area contributed by atoms with E-state index in [1.54, 1.807) is 22.8 Å². The Labute approximate surface area is 180 Å². The molecule has 0 atom stereocenters. The smallest absolute Gasteiger partial charge is 0.264 e. The van der Waals surface area contributed by atoms with Gasteiger partial charge in [0.25, 0.3) is 5.91 Å². The van der Waals surface area contributed by atoms with Gasteiger partial charge in [0.15, 0.2) is 0 Å². The molecule has 156 valence electrons. The van der Waals surface area contributed by atoms with Crippen LogP contribution in [0.5, 0.6) is 5.75 Å². The average molecular weight is 414 g/mol. The first-order valence-corrected chi connectivity index (χ1v) is 9.98. The highest BCUT2D eigenvalue weighted by Crippen LogP contribution is 2.28. The Bertz CT molecular complexity index is 1140. The van der Waals surface area contributed by atoms with E-state index in [4.69, 9.17) is 14.6 Å². The summed E-state index contributed by atoms with van der Waals surface area (Å²) in [5.41, 5.74) is 3.11. The zero-order valence-corrected chi connectivity index (χ0v) is 17.2. The lowest BCUT2D eigenvalue weighted by Crippen LogP contribution is -2.41. The Morgan fingerprint density at radius 2 is 1.94 bits per heavy atom. The number of hydrogen-bond acceptors (Lipinski definition) is 5. The highest BCUT2D eigenvalue weighted by Gasteiger charge is 2.22. The van der Waals surface area contributed by atoms with Gasteiger partial charge in [0.2, 0.25) is 0 Å². The lowest BCUT2D eigenvalue weighted by molar-refractivity contribution is -0.130. The van der Waals surface area contributed by atoms with Gasteiger partial charge < -0.3 is 14.4 Å². The third kappa shape index (κ3) is 4.49. The number of methoxy groups -OCH3 is 1. The van der Waals surface area contributed by atoms with Crippen molar-refractivity contribution in [1.82, 2.24) is 14.7 Å². The fourth-order valence-electron chi connectivity index (χ4n) is 3.43. The second kappa shape index (κ2) is 9.28. The number of nitrogens with zero attached hydrogens (tertiary/aromatic N) is 4. The van der Waals surface area contributed by atoms with Crippen LogP contribution in [-0.4, -0.2) is 54.0 Å². The molecule has 0 radical (unpaired) electrons. The third-order valence-corrected chi connectivity index (χ3v) is 5.06. The van der Waals surface area contributed by atoms with Gasteiger partial charge >= 0.3 is 0 Å². The summed E-state index contributed by atoms with van der Waals surface area (Å²) in [7, 11) is 1.61. The standard InChI is InChI=1S/C24H22N4O3/c1-30-22-9-5-6-18(15-22)23-20(17-28(26-23)21-7-3-2-4-8-21)14-19(16-25)24(29)27-10-12-31-13-11-27/h2-9,14-15,17H,10-13H2,1H3. The summed E-state index contributed by atoms with van der Waals surface area (Å²) in [5.74, 6) is 0.404. The number of carbonyl (C=O) groups excluding carboxylic acids is 1. The molecule has 2 aromatic carbocycles. The molecule has 0 bridgehead atoms.